The lowest BCUT2D eigenvalue weighted by Gasteiger charge is -2.23. The highest BCUT2D eigenvalue weighted by Crippen LogP contribution is 2.23. The van der Waals surface area contributed by atoms with Crippen molar-refractivity contribution >= 4 is 33.7 Å². The highest BCUT2D eigenvalue weighted by atomic mass is 32.2. The van der Waals surface area contributed by atoms with E-state index in [2.05, 4.69) is 15.8 Å². The minimum absolute atomic E-state index is 0.0142. The second-order valence-electron chi connectivity index (χ2n) is 8.17. The number of carbonyl (C=O) groups is 2. The van der Waals surface area contributed by atoms with Crippen LogP contribution in [0.15, 0.2) is 88.9 Å². The molecule has 0 aliphatic heterocycles. The number of benzene rings is 3. The maximum atomic E-state index is 13.4. The molecule has 11 heteroatoms. The summed E-state index contributed by atoms with van der Waals surface area (Å²) < 4.78 is 46.1. The van der Waals surface area contributed by atoms with Crippen molar-refractivity contribution in [2.45, 2.75) is 24.8 Å². The average Bonchev–Trinajstić information content (AvgIpc) is 2.87. The van der Waals surface area contributed by atoms with E-state index in [1.54, 1.807) is 42.5 Å². The molecule has 0 heterocycles. The first-order valence-corrected chi connectivity index (χ1v) is 12.8. The molecule has 0 aliphatic carbocycles. The van der Waals surface area contributed by atoms with Crippen molar-refractivity contribution in [3.8, 4) is 5.75 Å². The number of anilines is 1. The van der Waals surface area contributed by atoms with Crippen LogP contribution in [-0.4, -0.2) is 45.6 Å². The fourth-order valence-electron chi connectivity index (χ4n) is 3.15. The maximum Gasteiger partial charge on any atom is 0.264 e. The van der Waals surface area contributed by atoms with Crippen LogP contribution in [0.3, 0.4) is 0 Å². The van der Waals surface area contributed by atoms with Gasteiger partial charge in [-0.1, -0.05) is 18.2 Å². The van der Waals surface area contributed by atoms with Crippen molar-refractivity contribution in [2.75, 3.05) is 17.5 Å². The molecule has 37 heavy (non-hydrogen) atoms. The first-order chi connectivity index (χ1) is 17.6. The lowest BCUT2D eigenvalue weighted by atomic mass is 10.2. The Kier molecular flexibility index (Phi) is 9.33. The van der Waals surface area contributed by atoms with Gasteiger partial charge in [0.1, 0.15) is 18.1 Å². The third-order valence-electron chi connectivity index (χ3n) is 4.84. The summed E-state index contributed by atoms with van der Waals surface area (Å²) in [6, 6.07) is 19.1. The fraction of sp³-hybridized carbons (Fsp3) is 0.192. The molecule has 0 radical (unpaired) electrons. The van der Waals surface area contributed by atoms with Gasteiger partial charge < -0.3 is 10.1 Å². The van der Waals surface area contributed by atoms with Crippen molar-refractivity contribution < 1.29 is 27.1 Å². The SMILES string of the molecule is CC(C)NC(=O)COc1ccc(/C=N\NC(=O)CN(c2ccc(F)cc2)S(=O)(=O)c2ccccc2)cc1. The standard InChI is InChI=1S/C26H27FN4O5S/c1-19(2)29-26(33)18-36-23-14-8-20(9-15-23)16-28-30-25(32)17-31(22-12-10-21(27)11-13-22)37(34,35)24-6-4-3-5-7-24/h3-16,19H,17-18H2,1-2H3,(H,29,33)(H,30,32)/b28-16-. The maximum absolute atomic E-state index is 13.4. The largest absolute Gasteiger partial charge is 0.484 e. The van der Waals surface area contributed by atoms with E-state index in [0.717, 1.165) is 16.4 Å². The molecule has 0 bridgehead atoms. The molecule has 0 atom stereocenters. The minimum Gasteiger partial charge on any atom is -0.484 e. The van der Waals surface area contributed by atoms with Crippen molar-refractivity contribution in [3.05, 3.63) is 90.2 Å². The van der Waals surface area contributed by atoms with E-state index in [1.807, 2.05) is 13.8 Å². The second kappa shape index (κ2) is 12.6. The van der Waals surface area contributed by atoms with Gasteiger partial charge in [-0.2, -0.15) is 5.10 Å². The molecule has 2 amide bonds. The van der Waals surface area contributed by atoms with Crippen molar-refractivity contribution in [1.29, 1.82) is 0 Å². The average molecular weight is 527 g/mol. The third kappa shape index (κ3) is 8.14. The van der Waals surface area contributed by atoms with Crippen molar-refractivity contribution in [1.82, 2.24) is 10.7 Å². The normalized spacial score (nSPS) is 11.4. The van der Waals surface area contributed by atoms with Gasteiger partial charge in [-0.05, 0) is 80.1 Å². The summed E-state index contributed by atoms with van der Waals surface area (Å²) in [6.45, 7) is 3.02. The Morgan fingerprint density at radius 2 is 1.62 bits per heavy atom. The van der Waals surface area contributed by atoms with E-state index < -0.39 is 28.3 Å². The monoisotopic (exact) mass is 526 g/mol. The van der Waals surface area contributed by atoms with Crippen LogP contribution in [0.5, 0.6) is 5.75 Å². The molecule has 3 aromatic carbocycles. The predicted octanol–water partition coefficient (Wildman–Crippen LogP) is 3.07. The number of nitrogens with zero attached hydrogens (tertiary/aromatic N) is 2. The molecule has 3 aromatic rings. The predicted molar refractivity (Wildman–Crippen MR) is 138 cm³/mol. The Morgan fingerprint density at radius 3 is 2.24 bits per heavy atom. The molecule has 0 aromatic heterocycles. The van der Waals surface area contributed by atoms with Crippen molar-refractivity contribution in [2.24, 2.45) is 5.10 Å². The summed E-state index contributed by atoms with van der Waals surface area (Å²) in [5, 5.41) is 6.61. The molecule has 194 valence electrons. The van der Waals surface area contributed by atoms with Crippen LogP contribution >= 0.6 is 0 Å². The topological polar surface area (TPSA) is 117 Å². The number of hydrogen-bond donors (Lipinski definition) is 2. The van der Waals surface area contributed by atoms with Gasteiger partial charge in [0, 0.05) is 6.04 Å². The van der Waals surface area contributed by atoms with Crippen LogP contribution in [0, 0.1) is 5.82 Å². The molecule has 0 aliphatic rings. The lowest BCUT2D eigenvalue weighted by Crippen LogP contribution is -2.39. The van der Waals surface area contributed by atoms with Crippen LogP contribution in [0.2, 0.25) is 0 Å². The second-order valence-corrected chi connectivity index (χ2v) is 10.0. The number of amides is 2. The van der Waals surface area contributed by atoms with Gasteiger partial charge in [-0.15, -0.1) is 0 Å². The molecule has 3 rings (SSSR count). The molecule has 0 saturated heterocycles. The van der Waals surface area contributed by atoms with Gasteiger partial charge in [0.05, 0.1) is 16.8 Å². The van der Waals surface area contributed by atoms with Crippen LogP contribution < -0.4 is 19.8 Å². The van der Waals surface area contributed by atoms with Gasteiger partial charge in [0.2, 0.25) is 0 Å². The highest BCUT2D eigenvalue weighted by molar-refractivity contribution is 7.92. The van der Waals surface area contributed by atoms with Crippen LogP contribution in [0.1, 0.15) is 19.4 Å². The van der Waals surface area contributed by atoms with Gasteiger partial charge in [0.15, 0.2) is 6.61 Å². The Morgan fingerprint density at radius 1 is 0.973 bits per heavy atom. The first-order valence-electron chi connectivity index (χ1n) is 11.3. The molecule has 9 nitrogen and oxygen atoms in total. The Bertz CT molecular complexity index is 1330. The third-order valence-corrected chi connectivity index (χ3v) is 6.62. The Balaban J connectivity index is 1.64. The zero-order chi connectivity index (χ0) is 26.8. The molecular weight excluding hydrogens is 499 g/mol. The number of carbonyl (C=O) groups excluding carboxylic acids is 2. The van der Waals surface area contributed by atoms with E-state index >= 15 is 0 Å². The zero-order valence-corrected chi connectivity index (χ0v) is 21.1. The fourth-order valence-corrected chi connectivity index (χ4v) is 4.59. The molecule has 0 spiro atoms. The smallest absolute Gasteiger partial charge is 0.264 e. The summed E-state index contributed by atoms with van der Waals surface area (Å²) in [6.07, 6.45) is 1.38. The van der Waals surface area contributed by atoms with E-state index in [-0.39, 0.29) is 29.1 Å². The number of halogens is 1. The quantitative estimate of drug-likeness (QED) is 0.294. The van der Waals surface area contributed by atoms with Gasteiger partial charge in [-0.25, -0.2) is 18.2 Å². The minimum atomic E-state index is -4.11. The number of rotatable bonds is 11. The molecular formula is C26H27FN4O5S. The van der Waals surface area contributed by atoms with Crippen molar-refractivity contribution in [3.63, 3.8) is 0 Å². The van der Waals surface area contributed by atoms with Gasteiger partial charge in [0.25, 0.3) is 21.8 Å². The van der Waals surface area contributed by atoms with Gasteiger partial charge in [-0.3, -0.25) is 13.9 Å². The summed E-state index contributed by atoms with van der Waals surface area (Å²) in [5.41, 5.74) is 3.06. The Hall–Kier alpha value is -4.25. The Labute approximate surface area is 215 Å². The van der Waals surface area contributed by atoms with Crippen LogP contribution in [-0.2, 0) is 19.6 Å². The van der Waals surface area contributed by atoms with Crippen LogP contribution in [0.25, 0.3) is 0 Å². The summed E-state index contributed by atoms with van der Waals surface area (Å²) in [7, 11) is -4.11. The zero-order valence-electron chi connectivity index (χ0n) is 20.3. The number of hydrazone groups is 1. The summed E-state index contributed by atoms with van der Waals surface area (Å²) in [5.74, 6) is -0.977. The van der Waals surface area contributed by atoms with Crippen LogP contribution in [0.4, 0.5) is 10.1 Å². The molecule has 0 unspecified atom stereocenters. The molecule has 0 saturated carbocycles. The molecule has 0 fully saturated rings. The summed E-state index contributed by atoms with van der Waals surface area (Å²) >= 11 is 0. The van der Waals surface area contributed by atoms with E-state index in [4.69, 9.17) is 4.74 Å². The van der Waals surface area contributed by atoms with E-state index in [1.165, 1.54) is 30.5 Å². The number of hydrogen-bond acceptors (Lipinski definition) is 6. The first kappa shape index (κ1) is 27.3. The highest BCUT2D eigenvalue weighted by Gasteiger charge is 2.27. The van der Waals surface area contributed by atoms with E-state index in [9.17, 15) is 22.4 Å². The number of sulfonamides is 1. The number of ether oxygens (including phenoxy) is 1. The summed E-state index contributed by atoms with van der Waals surface area (Å²) in [4.78, 5) is 24.2. The van der Waals surface area contributed by atoms with Gasteiger partial charge >= 0.3 is 0 Å². The van der Waals surface area contributed by atoms with E-state index in [0.29, 0.717) is 11.3 Å². The lowest BCUT2D eigenvalue weighted by molar-refractivity contribution is -0.123. The molecule has 2 N–H and O–H groups in total. The number of nitrogens with one attached hydrogen (secondary N) is 2.